The summed E-state index contributed by atoms with van der Waals surface area (Å²) in [5.41, 5.74) is 22.4. The fourth-order valence-corrected chi connectivity index (χ4v) is 11.8. The van der Waals surface area contributed by atoms with E-state index >= 15 is 0 Å². The van der Waals surface area contributed by atoms with Gasteiger partial charge >= 0.3 is 0 Å². The molecule has 1 aliphatic rings. The summed E-state index contributed by atoms with van der Waals surface area (Å²) >= 11 is 0. The minimum Gasteiger partial charge on any atom is -0.311 e. The maximum absolute atomic E-state index is 2.42. The quantitative estimate of drug-likeness (QED) is 0.101. The van der Waals surface area contributed by atoms with Crippen LogP contribution in [0.1, 0.15) is 47.2 Å². The molecule has 12 aromatic carbocycles. The summed E-state index contributed by atoms with van der Waals surface area (Å²) < 4.78 is 0. The van der Waals surface area contributed by atoms with Crippen molar-refractivity contribution in [3.63, 3.8) is 0 Å². The molecule has 0 saturated heterocycles. The van der Waals surface area contributed by atoms with Crippen LogP contribution < -0.4 is 19.6 Å². The molecule has 12 aromatic rings. The molecule has 0 atom stereocenters. The Morgan fingerprint density at radius 1 is 0.247 bits per heavy atom. The van der Waals surface area contributed by atoms with Crippen LogP contribution in [0.3, 0.4) is 0 Å². The zero-order chi connectivity index (χ0) is 54.5. The third-order valence-electron chi connectivity index (χ3n) is 15.6. The van der Waals surface area contributed by atoms with E-state index in [0.29, 0.717) is 0 Å². The maximum Gasteiger partial charge on any atom is 0.0504 e. The lowest BCUT2D eigenvalue weighted by molar-refractivity contribution is 0.632. The van der Waals surface area contributed by atoms with E-state index < -0.39 is 0 Å². The summed E-state index contributed by atoms with van der Waals surface area (Å²) in [7, 11) is 0. The van der Waals surface area contributed by atoms with Crippen LogP contribution >= 0.6 is 0 Å². The lowest BCUT2D eigenvalue weighted by atomic mass is 9.73. The number of para-hydroxylation sites is 6. The third kappa shape index (κ3) is 9.85. The van der Waals surface area contributed by atoms with Gasteiger partial charge < -0.3 is 19.6 Å². The molecule has 388 valence electrons. The van der Waals surface area contributed by atoms with Gasteiger partial charge in [-0.2, -0.15) is 0 Å². The Labute approximate surface area is 476 Å². The molecule has 0 aromatic heterocycles. The molecule has 0 spiro atoms. The van der Waals surface area contributed by atoms with Gasteiger partial charge in [0.2, 0.25) is 0 Å². The lowest BCUT2D eigenvalue weighted by Crippen LogP contribution is -2.30. The van der Waals surface area contributed by atoms with E-state index in [1.807, 2.05) is 0 Å². The van der Waals surface area contributed by atoms with E-state index in [-0.39, 0.29) is 5.41 Å². The predicted molar refractivity (Wildman–Crippen MR) is 342 cm³/mol. The highest BCUT2D eigenvalue weighted by molar-refractivity contribution is 6.05. The molecule has 0 fully saturated rings. The standard InChI is InChI=1S/C77H60N4/c1-77(2)71-40-24-25-41-73(71)81(65-38-22-9-23-39-65)74-55-54-70(56-72(74)77)80(64-36-20-8-21-37-64)67-48-44-60(45-49-67)76(58-28-12-4-13-29-58)75(57-26-10-3-11-27-57)59-42-46-66(47-43-59)79(63-34-18-7-19-35-63)69-52-50-68(51-53-69)78(61-30-14-5-15-31-61)62-32-16-6-17-33-62/h3-56H,1-2H3/b76-75+. The van der Waals surface area contributed by atoms with Crippen molar-refractivity contribution < 1.29 is 0 Å². The first-order valence-electron chi connectivity index (χ1n) is 27.8. The second-order valence-corrected chi connectivity index (χ2v) is 21.0. The van der Waals surface area contributed by atoms with Gasteiger partial charge in [0.15, 0.2) is 0 Å². The van der Waals surface area contributed by atoms with Crippen LogP contribution in [0.5, 0.6) is 0 Å². The number of rotatable bonds is 14. The van der Waals surface area contributed by atoms with Crippen molar-refractivity contribution in [3.8, 4) is 0 Å². The van der Waals surface area contributed by atoms with Crippen LogP contribution in [-0.2, 0) is 5.41 Å². The molecule has 81 heavy (non-hydrogen) atoms. The Morgan fingerprint density at radius 2 is 0.519 bits per heavy atom. The largest absolute Gasteiger partial charge is 0.311 e. The fraction of sp³-hybridized carbons (Fsp3) is 0.0390. The Kier molecular flexibility index (Phi) is 13.7. The summed E-state index contributed by atoms with van der Waals surface area (Å²) in [5.74, 6) is 0. The van der Waals surface area contributed by atoms with E-state index in [2.05, 4.69) is 361 Å². The van der Waals surface area contributed by atoms with E-state index in [9.17, 15) is 0 Å². The average Bonchev–Trinajstić information content (AvgIpc) is 3.69. The van der Waals surface area contributed by atoms with Gasteiger partial charge in [0.25, 0.3) is 0 Å². The van der Waals surface area contributed by atoms with Crippen LogP contribution in [-0.4, -0.2) is 0 Å². The van der Waals surface area contributed by atoms with Crippen LogP contribution in [0.15, 0.2) is 328 Å². The fourth-order valence-electron chi connectivity index (χ4n) is 11.8. The van der Waals surface area contributed by atoms with Gasteiger partial charge in [-0.15, -0.1) is 0 Å². The first kappa shape index (κ1) is 50.1. The Balaban J connectivity index is 0.905. The van der Waals surface area contributed by atoms with Crippen molar-refractivity contribution >= 4 is 79.4 Å². The van der Waals surface area contributed by atoms with Crippen LogP contribution in [0, 0.1) is 0 Å². The molecule has 4 nitrogen and oxygen atoms in total. The zero-order valence-corrected chi connectivity index (χ0v) is 45.5. The number of hydrogen-bond acceptors (Lipinski definition) is 4. The molecular weight excluding hydrogens is 981 g/mol. The lowest BCUT2D eigenvalue weighted by Gasteiger charge is -2.42. The first-order valence-corrected chi connectivity index (χ1v) is 27.8. The molecule has 0 radical (unpaired) electrons. The highest BCUT2D eigenvalue weighted by Gasteiger charge is 2.37. The molecule has 1 heterocycles. The molecule has 0 aliphatic carbocycles. The van der Waals surface area contributed by atoms with E-state index in [4.69, 9.17) is 0 Å². The van der Waals surface area contributed by atoms with Crippen LogP contribution in [0.2, 0.25) is 0 Å². The predicted octanol–water partition coefficient (Wildman–Crippen LogP) is 21.2. The molecule has 1 aliphatic heterocycles. The average molecular weight is 1040 g/mol. The summed E-state index contributed by atoms with van der Waals surface area (Å²) in [6.07, 6.45) is 0. The van der Waals surface area contributed by atoms with Crippen molar-refractivity contribution in [1.29, 1.82) is 0 Å². The number of anilines is 12. The van der Waals surface area contributed by atoms with Gasteiger partial charge in [-0.1, -0.05) is 208 Å². The second kappa shape index (κ2) is 22.1. The minimum atomic E-state index is -0.264. The normalized spacial score (nSPS) is 12.6. The van der Waals surface area contributed by atoms with Gasteiger partial charge in [0.05, 0.1) is 11.4 Å². The minimum absolute atomic E-state index is 0.264. The molecule has 0 bridgehead atoms. The monoisotopic (exact) mass is 1040 g/mol. The highest BCUT2D eigenvalue weighted by atomic mass is 15.2. The number of nitrogens with zero attached hydrogens (tertiary/aromatic N) is 4. The number of benzene rings is 12. The van der Waals surface area contributed by atoms with Crippen molar-refractivity contribution in [2.45, 2.75) is 19.3 Å². The van der Waals surface area contributed by atoms with E-state index in [0.717, 1.165) is 90.3 Å². The smallest absolute Gasteiger partial charge is 0.0504 e. The van der Waals surface area contributed by atoms with Crippen LogP contribution in [0.25, 0.3) is 11.1 Å². The van der Waals surface area contributed by atoms with Crippen molar-refractivity contribution in [2.75, 3.05) is 19.6 Å². The first-order chi connectivity index (χ1) is 40.0. The zero-order valence-electron chi connectivity index (χ0n) is 45.5. The molecule has 0 saturated carbocycles. The van der Waals surface area contributed by atoms with Crippen molar-refractivity contribution in [1.82, 2.24) is 0 Å². The van der Waals surface area contributed by atoms with Gasteiger partial charge in [-0.3, -0.25) is 0 Å². The highest BCUT2D eigenvalue weighted by Crippen LogP contribution is 2.53. The molecule has 0 amide bonds. The van der Waals surface area contributed by atoms with Crippen molar-refractivity contribution in [3.05, 3.63) is 361 Å². The summed E-state index contributed by atoms with van der Waals surface area (Å²) in [5, 5.41) is 0. The number of fused-ring (bicyclic) bond motifs is 2. The molecular formula is C77H60N4. The molecule has 0 N–H and O–H groups in total. The second-order valence-electron chi connectivity index (χ2n) is 21.0. The molecule has 4 heteroatoms. The van der Waals surface area contributed by atoms with Crippen LogP contribution in [0.4, 0.5) is 68.2 Å². The summed E-state index contributed by atoms with van der Waals surface area (Å²) in [6.45, 7) is 4.72. The molecule has 0 unspecified atom stereocenters. The van der Waals surface area contributed by atoms with E-state index in [1.54, 1.807) is 0 Å². The Morgan fingerprint density at radius 3 is 0.914 bits per heavy atom. The van der Waals surface area contributed by atoms with Gasteiger partial charge in [-0.05, 0) is 178 Å². The van der Waals surface area contributed by atoms with E-state index in [1.165, 1.54) is 22.5 Å². The number of hydrogen-bond donors (Lipinski definition) is 0. The SMILES string of the molecule is CC1(C)c2ccccc2N(c2ccccc2)c2ccc(N(c3ccccc3)c3ccc(/C(=C(\c4ccccc4)c4ccc(N(c5ccccc5)c5ccc(N(c6ccccc6)c6ccccc6)cc5)cc4)c4ccccc4)cc3)cc21. The molecule has 13 rings (SSSR count). The third-order valence-corrected chi connectivity index (χ3v) is 15.6. The maximum atomic E-state index is 2.42. The topological polar surface area (TPSA) is 13.0 Å². The summed E-state index contributed by atoms with van der Waals surface area (Å²) in [4.78, 5) is 9.45. The van der Waals surface area contributed by atoms with Crippen molar-refractivity contribution in [2.24, 2.45) is 0 Å². The van der Waals surface area contributed by atoms with Gasteiger partial charge in [-0.25, -0.2) is 0 Å². The summed E-state index contributed by atoms with van der Waals surface area (Å²) in [6, 6.07) is 118. The van der Waals surface area contributed by atoms with Gasteiger partial charge in [0.1, 0.15) is 0 Å². The van der Waals surface area contributed by atoms with Gasteiger partial charge in [0, 0.05) is 62.3 Å². The Bertz CT molecular complexity index is 4040. The Hall–Kier alpha value is -10.4.